The monoisotopic (exact) mass is 532 g/mol. The number of anilines is 1. The van der Waals surface area contributed by atoms with Gasteiger partial charge in [0.25, 0.3) is 11.7 Å². The summed E-state index contributed by atoms with van der Waals surface area (Å²) in [5.74, 6) is -4.08. The summed E-state index contributed by atoms with van der Waals surface area (Å²) in [6, 6.07) is 9.54. The van der Waals surface area contributed by atoms with Crippen LogP contribution in [0.3, 0.4) is 0 Å². The number of alkyl halides is 2. The Labute approximate surface area is 205 Å². The first-order chi connectivity index (χ1) is 16.2. The molecule has 1 N–H and O–H groups in total. The van der Waals surface area contributed by atoms with Gasteiger partial charge in [0.15, 0.2) is 6.61 Å². The lowest BCUT2D eigenvalue weighted by Gasteiger charge is -2.21. The molecule has 0 unspecified atom stereocenters. The Morgan fingerprint density at radius 1 is 1.06 bits per heavy atom. The molecule has 0 bridgehead atoms. The van der Waals surface area contributed by atoms with Gasteiger partial charge in [0.2, 0.25) is 10.0 Å². The molecule has 7 nitrogen and oxygen atoms in total. The second kappa shape index (κ2) is 12.0. The normalized spacial score (nSPS) is 15.1. The van der Waals surface area contributed by atoms with Crippen LogP contribution in [0.5, 0.6) is 0 Å². The zero-order chi connectivity index (χ0) is 24.7. The Morgan fingerprint density at radius 3 is 2.32 bits per heavy atom. The van der Waals surface area contributed by atoms with Crippen LogP contribution in [-0.2, 0) is 19.6 Å². The van der Waals surface area contributed by atoms with Crippen molar-refractivity contribution in [2.24, 2.45) is 0 Å². The summed E-state index contributed by atoms with van der Waals surface area (Å²) in [6.45, 7) is 0.147. The smallest absolute Gasteiger partial charge is 0.338 e. The largest absolute Gasteiger partial charge is 0.452 e. The molecule has 0 aromatic heterocycles. The average Bonchev–Trinajstić information content (AvgIpc) is 3.09. The standard InChI is InChI=1S/C22H23ClF2N2O5S2/c23-18-10-5-15(13-19(18)34(30,31)27-11-3-1-2-4-12-27)21(29)32-14-20(28)26-16-6-8-17(9-7-16)33-22(24)25/h5-10,13,22H,1-4,11-12,14H2,(H,26,28). The zero-order valence-corrected chi connectivity index (χ0v) is 20.4. The van der Waals surface area contributed by atoms with Gasteiger partial charge in [0.05, 0.1) is 10.6 Å². The molecule has 12 heteroatoms. The van der Waals surface area contributed by atoms with Crippen molar-refractivity contribution >= 4 is 50.9 Å². The maximum Gasteiger partial charge on any atom is 0.338 e. The van der Waals surface area contributed by atoms with Gasteiger partial charge in [-0.05, 0) is 55.3 Å². The molecule has 0 spiro atoms. The van der Waals surface area contributed by atoms with E-state index in [0.29, 0.717) is 35.4 Å². The summed E-state index contributed by atoms with van der Waals surface area (Å²) in [5.41, 5.74) is 0.288. The summed E-state index contributed by atoms with van der Waals surface area (Å²) in [4.78, 5) is 24.7. The highest BCUT2D eigenvalue weighted by molar-refractivity contribution is 7.99. The van der Waals surface area contributed by atoms with Crippen LogP contribution in [0.4, 0.5) is 14.5 Å². The third-order valence-corrected chi connectivity index (χ3v) is 8.15. The van der Waals surface area contributed by atoms with Gasteiger partial charge in [-0.3, -0.25) is 4.79 Å². The molecule has 0 aliphatic carbocycles. The van der Waals surface area contributed by atoms with E-state index in [9.17, 15) is 26.8 Å². The molecule has 34 heavy (non-hydrogen) atoms. The molecule has 2 aromatic carbocycles. The van der Waals surface area contributed by atoms with Crippen molar-refractivity contribution in [3.8, 4) is 0 Å². The molecule has 1 aliphatic rings. The number of carbonyl (C=O) groups excluding carboxylic acids is 2. The van der Waals surface area contributed by atoms with Crippen LogP contribution >= 0.6 is 23.4 Å². The maximum atomic E-state index is 13.1. The number of rotatable bonds is 8. The molecule has 1 amide bonds. The first-order valence-electron chi connectivity index (χ1n) is 10.5. The lowest BCUT2D eigenvalue weighted by atomic mass is 10.2. The van der Waals surface area contributed by atoms with Crippen LogP contribution in [0.15, 0.2) is 52.3 Å². The van der Waals surface area contributed by atoms with Gasteiger partial charge in [-0.2, -0.15) is 13.1 Å². The molecule has 1 fully saturated rings. The first-order valence-corrected chi connectivity index (χ1v) is 13.2. The average molecular weight is 533 g/mol. The van der Waals surface area contributed by atoms with Crippen molar-refractivity contribution in [3.05, 3.63) is 53.1 Å². The molecular weight excluding hydrogens is 510 g/mol. The number of thioether (sulfide) groups is 1. The van der Waals surface area contributed by atoms with Gasteiger partial charge in [0.1, 0.15) is 4.90 Å². The van der Waals surface area contributed by atoms with Gasteiger partial charge in [-0.1, -0.05) is 36.2 Å². The third-order valence-electron chi connectivity index (χ3n) is 5.05. The minimum atomic E-state index is -3.89. The molecule has 0 radical (unpaired) electrons. The van der Waals surface area contributed by atoms with E-state index in [4.69, 9.17) is 16.3 Å². The van der Waals surface area contributed by atoms with Gasteiger partial charge >= 0.3 is 5.97 Å². The number of benzene rings is 2. The van der Waals surface area contributed by atoms with E-state index >= 15 is 0 Å². The molecule has 1 aliphatic heterocycles. The van der Waals surface area contributed by atoms with Crippen LogP contribution in [0.1, 0.15) is 36.0 Å². The first kappa shape index (κ1) is 26.4. The number of carbonyl (C=O) groups is 2. The van der Waals surface area contributed by atoms with Crippen molar-refractivity contribution in [1.82, 2.24) is 4.31 Å². The summed E-state index contributed by atoms with van der Waals surface area (Å²) in [6.07, 6.45) is 3.41. The van der Waals surface area contributed by atoms with Crippen molar-refractivity contribution < 1.29 is 31.5 Å². The van der Waals surface area contributed by atoms with Gasteiger partial charge < -0.3 is 10.1 Å². The lowest BCUT2D eigenvalue weighted by Crippen LogP contribution is -2.32. The third kappa shape index (κ3) is 7.14. The Morgan fingerprint density at radius 2 is 1.71 bits per heavy atom. The summed E-state index contributed by atoms with van der Waals surface area (Å²) in [7, 11) is -3.89. The molecule has 0 saturated carbocycles. The molecule has 1 saturated heterocycles. The van der Waals surface area contributed by atoms with Crippen molar-refractivity contribution in [3.63, 3.8) is 0 Å². The number of halogens is 3. The second-order valence-corrected chi connectivity index (χ2v) is 10.9. The molecule has 2 aromatic rings. The van der Waals surface area contributed by atoms with Crippen molar-refractivity contribution in [1.29, 1.82) is 0 Å². The van der Waals surface area contributed by atoms with Crippen molar-refractivity contribution in [2.45, 2.75) is 41.2 Å². The number of hydrogen-bond acceptors (Lipinski definition) is 6. The van der Waals surface area contributed by atoms with E-state index in [2.05, 4.69) is 5.32 Å². The minimum absolute atomic E-state index is 0.00741. The second-order valence-electron chi connectivity index (χ2n) is 7.49. The number of esters is 1. The molecule has 0 atom stereocenters. The highest BCUT2D eigenvalue weighted by Crippen LogP contribution is 2.28. The fourth-order valence-electron chi connectivity index (χ4n) is 3.38. The van der Waals surface area contributed by atoms with Crippen LogP contribution in [0.25, 0.3) is 0 Å². The van der Waals surface area contributed by atoms with E-state index in [0.717, 1.165) is 31.7 Å². The highest BCUT2D eigenvalue weighted by atomic mass is 35.5. The predicted molar refractivity (Wildman–Crippen MR) is 126 cm³/mol. The number of amides is 1. The van der Waals surface area contributed by atoms with E-state index < -0.39 is 34.3 Å². The fourth-order valence-corrected chi connectivity index (χ4v) is 5.90. The zero-order valence-electron chi connectivity index (χ0n) is 18.0. The van der Waals surface area contributed by atoms with E-state index in [1.165, 1.54) is 40.7 Å². The highest BCUT2D eigenvalue weighted by Gasteiger charge is 2.28. The van der Waals surface area contributed by atoms with Crippen LogP contribution < -0.4 is 5.32 Å². The SMILES string of the molecule is O=C(COC(=O)c1ccc(Cl)c(S(=O)(=O)N2CCCCCC2)c1)Nc1ccc(SC(F)F)cc1. The van der Waals surface area contributed by atoms with E-state index in [-0.39, 0.29) is 15.5 Å². The summed E-state index contributed by atoms with van der Waals surface area (Å²) < 4.78 is 57.3. The van der Waals surface area contributed by atoms with E-state index in [1.807, 2.05) is 0 Å². The lowest BCUT2D eigenvalue weighted by molar-refractivity contribution is -0.119. The fraction of sp³-hybridized carbons (Fsp3) is 0.364. The summed E-state index contributed by atoms with van der Waals surface area (Å²) in [5, 5.41) is 2.48. The maximum absolute atomic E-state index is 13.1. The number of nitrogens with one attached hydrogen (secondary N) is 1. The quantitative estimate of drug-likeness (QED) is 0.379. The van der Waals surface area contributed by atoms with E-state index in [1.54, 1.807) is 0 Å². The molecule has 3 rings (SSSR count). The number of hydrogen-bond donors (Lipinski definition) is 1. The Balaban J connectivity index is 1.62. The number of ether oxygens (including phenoxy) is 1. The summed E-state index contributed by atoms with van der Waals surface area (Å²) >= 11 is 6.52. The van der Waals surface area contributed by atoms with Crippen LogP contribution in [0, 0.1) is 0 Å². The molecular formula is C22H23ClF2N2O5S2. The Kier molecular flexibility index (Phi) is 9.29. The van der Waals surface area contributed by atoms with Crippen LogP contribution in [0.2, 0.25) is 5.02 Å². The number of sulfonamides is 1. The predicted octanol–water partition coefficient (Wildman–Crippen LogP) is 5.01. The van der Waals surface area contributed by atoms with Gasteiger partial charge in [-0.15, -0.1) is 0 Å². The van der Waals surface area contributed by atoms with Gasteiger partial charge in [0, 0.05) is 23.7 Å². The Bertz CT molecular complexity index is 1120. The topological polar surface area (TPSA) is 92.8 Å². The van der Waals surface area contributed by atoms with Gasteiger partial charge in [-0.25, -0.2) is 13.2 Å². The number of nitrogens with zero attached hydrogens (tertiary/aromatic N) is 1. The Hall–Kier alpha value is -2.21. The molecule has 1 heterocycles. The van der Waals surface area contributed by atoms with Crippen LogP contribution in [-0.4, -0.2) is 50.1 Å². The van der Waals surface area contributed by atoms with Crippen molar-refractivity contribution in [2.75, 3.05) is 25.0 Å². The molecule has 184 valence electrons. The minimum Gasteiger partial charge on any atom is -0.452 e.